The van der Waals surface area contributed by atoms with Crippen LogP contribution in [-0.2, 0) is 10.9 Å². The van der Waals surface area contributed by atoms with E-state index in [2.05, 4.69) is 9.97 Å². The third-order valence-corrected chi connectivity index (χ3v) is 4.01. The normalized spacial score (nSPS) is 19.8. The van der Waals surface area contributed by atoms with Crippen LogP contribution >= 0.6 is 0 Å². The zero-order chi connectivity index (χ0) is 17.8. The smallest absolute Gasteiger partial charge is 0.434 e. The molecule has 132 valence electrons. The molecule has 3 rings (SSSR count). The maximum atomic E-state index is 12.5. The van der Waals surface area contributed by atoms with E-state index in [0.29, 0.717) is 32.0 Å². The van der Waals surface area contributed by atoms with E-state index < -0.39 is 17.5 Å². The molecule has 1 aromatic heterocycles. The number of ether oxygens (including phenoxy) is 1. The maximum Gasteiger partial charge on any atom is 0.434 e. The summed E-state index contributed by atoms with van der Waals surface area (Å²) in [6, 6.07) is 0. The van der Waals surface area contributed by atoms with Gasteiger partial charge < -0.3 is 14.5 Å². The van der Waals surface area contributed by atoms with E-state index in [1.807, 2.05) is 25.7 Å². The fraction of sp³-hybridized carbons (Fsp3) is 0.667. The number of nitrogens with zero attached hydrogens (tertiary/aromatic N) is 4. The van der Waals surface area contributed by atoms with Gasteiger partial charge in [0.1, 0.15) is 11.4 Å². The highest BCUT2D eigenvalue weighted by molar-refractivity contribution is 5.70. The minimum atomic E-state index is -4.48. The molecule has 0 atom stereocenters. The summed E-state index contributed by atoms with van der Waals surface area (Å²) < 4.78 is 42.7. The summed E-state index contributed by atoms with van der Waals surface area (Å²) in [5.74, 6) is 0.421. The van der Waals surface area contributed by atoms with Crippen molar-refractivity contribution >= 4 is 11.9 Å². The van der Waals surface area contributed by atoms with Gasteiger partial charge in [0.15, 0.2) is 5.69 Å². The highest BCUT2D eigenvalue weighted by Gasteiger charge is 2.54. The Morgan fingerprint density at radius 1 is 1.12 bits per heavy atom. The van der Waals surface area contributed by atoms with E-state index in [1.54, 1.807) is 4.90 Å². The second kappa shape index (κ2) is 5.22. The minimum absolute atomic E-state index is 0.0126. The Kier molecular flexibility index (Phi) is 3.65. The SMILES string of the molecule is CC(C)(C)OC(=O)N1CC2(C1)CN(c1cnc(C(F)(F)F)cn1)C2. The van der Waals surface area contributed by atoms with E-state index in [4.69, 9.17) is 4.74 Å². The van der Waals surface area contributed by atoms with Gasteiger partial charge in [0, 0.05) is 31.6 Å². The van der Waals surface area contributed by atoms with Crippen molar-refractivity contribution in [2.24, 2.45) is 5.41 Å². The maximum absolute atomic E-state index is 12.5. The Morgan fingerprint density at radius 3 is 2.21 bits per heavy atom. The second-order valence-electron chi connectivity index (χ2n) is 7.45. The van der Waals surface area contributed by atoms with E-state index in [0.717, 1.165) is 12.4 Å². The van der Waals surface area contributed by atoms with Crippen molar-refractivity contribution < 1.29 is 22.7 Å². The van der Waals surface area contributed by atoms with Crippen molar-refractivity contribution in [1.29, 1.82) is 0 Å². The molecule has 0 unspecified atom stereocenters. The number of amides is 1. The lowest BCUT2D eigenvalue weighted by atomic mass is 9.73. The van der Waals surface area contributed by atoms with Crippen LogP contribution in [0.2, 0.25) is 0 Å². The van der Waals surface area contributed by atoms with E-state index in [-0.39, 0.29) is 11.5 Å². The molecule has 9 heteroatoms. The second-order valence-corrected chi connectivity index (χ2v) is 7.45. The minimum Gasteiger partial charge on any atom is -0.444 e. The Morgan fingerprint density at radius 2 is 1.75 bits per heavy atom. The Hall–Kier alpha value is -2.06. The summed E-state index contributed by atoms with van der Waals surface area (Å²) in [4.78, 5) is 22.7. The van der Waals surface area contributed by atoms with Crippen molar-refractivity contribution in [3.8, 4) is 0 Å². The van der Waals surface area contributed by atoms with Gasteiger partial charge >= 0.3 is 12.3 Å². The molecule has 2 aliphatic heterocycles. The average molecular weight is 344 g/mol. The molecule has 24 heavy (non-hydrogen) atoms. The summed E-state index contributed by atoms with van der Waals surface area (Å²) in [5, 5.41) is 0. The van der Waals surface area contributed by atoms with Gasteiger partial charge in [-0.05, 0) is 20.8 Å². The molecule has 1 spiro atoms. The average Bonchev–Trinajstić information content (AvgIpc) is 2.32. The van der Waals surface area contributed by atoms with Crippen LogP contribution in [0.4, 0.5) is 23.8 Å². The molecule has 6 nitrogen and oxygen atoms in total. The lowest BCUT2D eigenvalue weighted by molar-refractivity contribution is -0.141. The Balaban J connectivity index is 1.51. The fourth-order valence-electron chi connectivity index (χ4n) is 2.98. The molecule has 0 radical (unpaired) electrons. The van der Waals surface area contributed by atoms with Gasteiger partial charge in [-0.15, -0.1) is 0 Å². The lowest BCUT2D eigenvalue weighted by Crippen LogP contribution is -2.73. The number of rotatable bonds is 1. The summed E-state index contributed by atoms with van der Waals surface area (Å²) in [7, 11) is 0. The number of aromatic nitrogens is 2. The van der Waals surface area contributed by atoms with E-state index in [9.17, 15) is 18.0 Å². The van der Waals surface area contributed by atoms with Crippen LogP contribution in [0, 0.1) is 5.41 Å². The molecular formula is C15H19F3N4O2. The molecule has 0 N–H and O–H groups in total. The fourth-order valence-corrected chi connectivity index (χ4v) is 2.98. The molecule has 0 aromatic carbocycles. The topological polar surface area (TPSA) is 58.6 Å². The summed E-state index contributed by atoms with van der Waals surface area (Å²) in [6.45, 7) is 7.91. The molecule has 0 aliphatic carbocycles. The number of likely N-dealkylation sites (tertiary alicyclic amines) is 1. The third kappa shape index (κ3) is 3.25. The van der Waals surface area contributed by atoms with Crippen LogP contribution in [0.25, 0.3) is 0 Å². The number of hydrogen-bond acceptors (Lipinski definition) is 5. The molecule has 2 fully saturated rings. The molecule has 1 aromatic rings. The summed E-state index contributed by atoms with van der Waals surface area (Å²) in [6.07, 6.45) is -2.93. The number of alkyl halides is 3. The number of halogens is 3. The summed E-state index contributed by atoms with van der Waals surface area (Å²) in [5.41, 5.74) is -1.54. The number of anilines is 1. The van der Waals surface area contributed by atoms with Crippen LogP contribution in [0.1, 0.15) is 26.5 Å². The molecule has 0 bridgehead atoms. The monoisotopic (exact) mass is 344 g/mol. The van der Waals surface area contributed by atoms with Gasteiger partial charge in [-0.2, -0.15) is 13.2 Å². The molecule has 3 heterocycles. The van der Waals surface area contributed by atoms with Gasteiger partial charge in [-0.1, -0.05) is 0 Å². The van der Waals surface area contributed by atoms with Gasteiger partial charge in [-0.25, -0.2) is 14.8 Å². The standard InChI is InChI=1S/C15H19F3N4O2/c1-13(2,3)24-12(23)22-8-14(9-22)6-21(7-14)11-5-19-10(4-20-11)15(16,17)18/h4-5H,6-9H2,1-3H3. The highest BCUT2D eigenvalue weighted by atomic mass is 19.4. The highest BCUT2D eigenvalue weighted by Crippen LogP contribution is 2.41. The van der Waals surface area contributed by atoms with E-state index in [1.165, 1.54) is 0 Å². The van der Waals surface area contributed by atoms with Gasteiger partial charge in [0.2, 0.25) is 0 Å². The molecule has 1 amide bonds. The number of hydrogen-bond donors (Lipinski definition) is 0. The van der Waals surface area contributed by atoms with Crippen LogP contribution in [0.15, 0.2) is 12.4 Å². The van der Waals surface area contributed by atoms with Crippen molar-refractivity contribution in [3.63, 3.8) is 0 Å². The first-order valence-electron chi connectivity index (χ1n) is 7.60. The molecule has 2 aliphatic rings. The first-order chi connectivity index (χ1) is 11.0. The Labute approximate surface area is 137 Å². The van der Waals surface area contributed by atoms with Gasteiger partial charge in [0.25, 0.3) is 0 Å². The van der Waals surface area contributed by atoms with Crippen molar-refractivity contribution in [2.75, 3.05) is 31.1 Å². The van der Waals surface area contributed by atoms with E-state index >= 15 is 0 Å². The zero-order valence-electron chi connectivity index (χ0n) is 13.7. The van der Waals surface area contributed by atoms with Crippen LogP contribution in [-0.4, -0.2) is 52.7 Å². The van der Waals surface area contributed by atoms with Crippen LogP contribution < -0.4 is 4.90 Å². The molecule has 0 saturated carbocycles. The first kappa shape index (κ1) is 16.8. The predicted molar refractivity (Wildman–Crippen MR) is 79.5 cm³/mol. The first-order valence-corrected chi connectivity index (χ1v) is 7.60. The predicted octanol–water partition coefficient (Wildman–Crippen LogP) is 2.55. The molecule has 2 saturated heterocycles. The zero-order valence-corrected chi connectivity index (χ0v) is 13.7. The quantitative estimate of drug-likeness (QED) is 0.784. The van der Waals surface area contributed by atoms with Crippen LogP contribution in [0.3, 0.4) is 0 Å². The van der Waals surface area contributed by atoms with Crippen molar-refractivity contribution in [2.45, 2.75) is 32.5 Å². The third-order valence-electron chi connectivity index (χ3n) is 4.01. The Bertz CT molecular complexity index is 626. The largest absolute Gasteiger partial charge is 0.444 e. The van der Waals surface area contributed by atoms with Crippen molar-refractivity contribution in [1.82, 2.24) is 14.9 Å². The van der Waals surface area contributed by atoms with Crippen LogP contribution in [0.5, 0.6) is 0 Å². The lowest BCUT2D eigenvalue weighted by Gasteiger charge is -2.60. The summed E-state index contributed by atoms with van der Waals surface area (Å²) >= 11 is 0. The van der Waals surface area contributed by atoms with Gasteiger partial charge in [-0.3, -0.25) is 0 Å². The number of carbonyl (C=O) groups excluding carboxylic acids is 1. The molecular weight excluding hydrogens is 325 g/mol. The van der Waals surface area contributed by atoms with Crippen molar-refractivity contribution in [3.05, 3.63) is 18.1 Å². The van der Waals surface area contributed by atoms with Gasteiger partial charge in [0.05, 0.1) is 12.4 Å². The number of carbonyl (C=O) groups is 1.